The monoisotopic (exact) mass is 352 g/mol. The van der Waals surface area contributed by atoms with E-state index in [2.05, 4.69) is 62.4 Å². The van der Waals surface area contributed by atoms with Gasteiger partial charge in [-0.3, -0.25) is 0 Å². The first kappa shape index (κ1) is 16.4. The van der Waals surface area contributed by atoms with E-state index in [4.69, 9.17) is 4.42 Å². The third-order valence-electron chi connectivity index (χ3n) is 5.94. The van der Waals surface area contributed by atoms with Crippen molar-refractivity contribution in [3.8, 4) is 22.3 Å². The molecule has 1 heterocycles. The first-order valence-corrected chi connectivity index (χ1v) is 9.70. The van der Waals surface area contributed by atoms with Gasteiger partial charge in [0.05, 0.1) is 0 Å². The van der Waals surface area contributed by atoms with Gasteiger partial charge in [-0.2, -0.15) is 0 Å². The summed E-state index contributed by atoms with van der Waals surface area (Å²) >= 11 is 0. The molecule has 0 saturated carbocycles. The Morgan fingerprint density at radius 3 is 1.96 bits per heavy atom. The number of furan rings is 1. The molecule has 0 saturated heterocycles. The van der Waals surface area contributed by atoms with Crippen LogP contribution in [0.25, 0.3) is 27.8 Å². The molecule has 0 radical (unpaired) electrons. The number of rotatable bonds is 2. The number of hydrogen-bond donors (Lipinski definition) is 0. The van der Waals surface area contributed by atoms with E-state index in [0.717, 1.165) is 24.4 Å². The summed E-state index contributed by atoms with van der Waals surface area (Å²) in [5.41, 5.74) is 13.8. The van der Waals surface area contributed by atoms with Crippen molar-refractivity contribution >= 4 is 5.57 Å². The number of benzene rings is 2. The summed E-state index contributed by atoms with van der Waals surface area (Å²) in [4.78, 5) is 0. The van der Waals surface area contributed by atoms with Crippen LogP contribution in [0.4, 0.5) is 0 Å². The molecule has 134 valence electrons. The Hall–Kier alpha value is -2.80. The summed E-state index contributed by atoms with van der Waals surface area (Å²) in [6, 6.07) is 16.0. The third-order valence-corrected chi connectivity index (χ3v) is 5.94. The van der Waals surface area contributed by atoms with Gasteiger partial charge in [-0.1, -0.05) is 53.6 Å². The Morgan fingerprint density at radius 1 is 0.704 bits per heavy atom. The Balaban J connectivity index is 1.54. The van der Waals surface area contributed by atoms with E-state index in [0.29, 0.717) is 0 Å². The molecule has 3 aromatic rings. The second-order valence-corrected chi connectivity index (χ2v) is 8.11. The Bertz CT molecular complexity index is 1150. The topological polar surface area (TPSA) is 13.1 Å². The Morgan fingerprint density at radius 2 is 1.37 bits per heavy atom. The molecule has 2 aliphatic rings. The van der Waals surface area contributed by atoms with Gasteiger partial charge in [0.1, 0.15) is 11.5 Å². The highest BCUT2D eigenvalue weighted by atomic mass is 16.3. The fourth-order valence-corrected chi connectivity index (χ4v) is 4.73. The zero-order chi connectivity index (χ0) is 18.7. The molecule has 1 aromatic heterocycles. The molecule has 0 amide bonds. The maximum atomic E-state index is 5.73. The fourth-order valence-electron chi connectivity index (χ4n) is 4.73. The molecule has 2 aliphatic carbocycles. The minimum absolute atomic E-state index is 0.972. The van der Waals surface area contributed by atoms with E-state index in [1.165, 1.54) is 55.7 Å². The summed E-state index contributed by atoms with van der Waals surface area (Å²) in [6.45, 7) is 8.54. The largest absolute Gasteiger partial charge is 0.466 e. The molecule has 1 heteroatoms. The Labute approximate surface area is 161 Å². The quantitative estimate of drug-likeness (QED) is 0.370. The van der Waals surface area contributed by atoms with Crippen LogP contribution in [0.3, 0.4) is 0 Å². The molecule has 0 aliphatic heterocycles. The van der Waals surface area contributed by atoms with Crippen LogP contribution < -0.4 is 0 Å². The lowest BCUT2D eigenvalue weighted by molar-refractivity contribution is 0.505. The van der Waals surface area contributed by atoms with Crippen molar-refractivity contribution in [3.63, 3.8) is 0 Å². The van der Waals surface area contributed by atoms with Gasteiger partial charge >= 0.3 is 0 Å². The standard InChI is InChI=1S/C26H24O/c1-15-9-16(2)25(10-15)19-5-7-23-21(12-19)14-22-13-20(6-8-24(22)23)26-11-17(3)27-18(26)4/h5-8,10-13H,9,14H2,1-4H3. The van der Waals surface area contributed by atoms with Crippen molar-refractivity contribution in [2.45, 2.75) is 40.5 Å². The molecule has 0 unspecified atom stereocenters. The minimum Gasteiger partial charge on any atom is -0.466 e. The van der Waals surface area contributed by atoms with Gasteiger partial charge in [-0.05, 0) is 85.6 Å². The molecule has 0 N–H and O–H groups in total. The molecule has 0 spiro atoms. The second-order valence-electron chi connectivity index (χ2n) is 8.11. The van der Waals surface area contributed by atoms with Gasteiger partial charge < -0.3 is 4.42 Å². The molecule has 1 nitrogen and oxygen atoms in total. The predicted molar refractivity (Wildman–Crippen MR) is 113 cm³/mol. The first-order chi connectivity index (χ1) is 13.0. The molecular weight excluding hydrogens is 328 g/mol. The Kier molecular flexibility index (Phi) is 3.55. The van der Waals surface area contributed by atoms with Gasteiger partial charge in [0.2, 0.25) is 0 Å². The van der Waals surface area contributed by atoms with E-state index >= 15 is 0 Å². The van der Waals surface area contributed by atoms with Crippen LogP contribution in [0, 0.1) is 13.8 Å². The van der Waals surface area contributed by atoms with Crippen LogP contribution in [-0.4, -0.2) is 0 Å². The molecule has 0 bridgehead atoms. The summed E-state index contributed by atoms with van der Waals surface area (Å²) in [5.74, 6) is 1.97. The van der Waals surface area contributed by atoms with E-state index in [1.807, 2.05) is 13.8 Å². The van der Waals surface area contributed by atoms with Crippen LogP contribution in [-0.2, 0) is 6.42 Å². The smallest absolute Gasteiger partial charge is 0.108 e. The summed E-state index contributed by atoms with van der Waals surface area (Å²) in [5, 5.41) is 0. The van der Waals surface area contributed by atoms with E-state index in [-0.39, 0.29) is 0 Å². The van der Waals surface area contributed by atoms with Gasteiger partial charge in [0.15, 0.2) is 0 Å². The minimum atomic E-state index is 0.972. The summed E-state index contributed by atoms with van der Waals surface area (Å²) in [7, 11) is 0. The van der Waals surface area contributed by atoms with Gasteiger partial charge in [0.25, 0.3) is 0 Å². The van der Waals surface area contributed by atoms with E-state index in [1.54, 1.807) is 0 Å². The third kappa shape index (κ3) is 2.61. The summed E-state index contributed by atoms with van der Waals surface area (Å²) in [6.07, 6.45) is 4.47. The zero-order valence-corrected chi connectivity index (χ0v) is 16.4. The van der Waals surface area contributed by atoms with E-state index in [9.17, 15) is 0 Å². The van der Waals surface area contributed by atoms with E-state index < -0.39 is 0 Å². The van der Waals surface area contributed by atoms with Crippen LogP contribution in [0.1, 0.15) is 48.5 Å². The average Bonchev–Trinajstić information content (AvgIpc) is 3.27. The highest BCUT2D eigenvalue weighted by Crippen LogP contribution is 2.41. The lowest BCUT2D eigenvalue weighted by atomic mass is 9.97. The van der Waals surface area contributed by atoms with Crippen LogP contribution in [0.15, 0.2) is 64.1 Å². The maximum Gasteiger partial charge on any atom is 0.108 e. The second kappa shape index (κ2) is 5.85. The van der Waals surface area contributed by atoms with Crippen molar-refractivity contribution in [3.05, 3.63) is 87.9 Å². The fraction of sp³-hybridized carbons (Fsp3) is 0.231. The zero-order valence-electron chi connectivity index (χ0n) is 16.4. The van der Waals surface area contributed by atoms with Gasteiger partial charge in [0, 0.05) is 5.56 Å². The highest BCUT2D eigenvalue weighted by Gasteiger charge is 2.21. The summed E-state index contributed by atoms with van der Waals surface area (Å²) < 4.78 is 5.73. The molecule has 27 heavy (non-hydrogen) atoms. The highest BCUT2D eigenvalue weighted by molar-refractivity contribution is 5.85. The first-order valence-electron chi connectivity index (χ1n) is 9.70. The average molecular weight is 352 g/mol. The predicted octanol–water partition coefficient (Wildman–Crippen LogP) is 7.26. The number of hydrogen-bond acceptors (Lipinski definition) is 1. The molecule has 2 aromatic carbocycles. The van der Waals surface area contributed by atoms with Gasteiger partial charge in [-0.25, -0.2) is 0 Å². The van der Waals surface area contributed by atoms with Crippen molar-refractivity contribution in [1.29, 1.82) is 0 Å². The normalized spacial score (nSPS) is 15.2. The van der Waals surface area contributed by atoms with Crippen molar-refractivity contribution < 1.29 is 4.42 Å². The lowest BCUT2D eigenvalue weighted by Gasteiger charge is -2.07. The van der Waals surface area contributed by atoms with Crippen molar-refractivity contribution in [2.24, 2.45) is 0 Å². The van der Waals surface area contributed by atoms with Crippen molar-refractivity contribution in [2.75, 3.05) is 0 Å². The van der Waals surface area contributed by atoms with Crippen LogP contribution in [0.5, 0.6) is 0 Å². The van der Waals surface area contributed by atoms with Crippen LogP contribution >= 0.6 is 0 Å². The number of fused-ring (bicyclic) bond motifs is 3. The van der Waals surface area contributed by atoms with Crippen LogP contribution in [0.2, 0.25) is 0 Å². The molecular formula is C26H24O. The molecule has 0 fully saturated rings. The SMILES string of the molecule is CC1=CC(c2ccc3c(c2)Cc2cc(-c4cc(C)oc4C)ccc2-3)=C(C)C1. The maximum absolute atomic E-state index is 5.73. The lowest BCUT2D eigenvalue weighted by Crippen LogP contribution is -1.87. The van der Waals surface area contributed by atoms with Gasteiger partial charge in [-0.15, -0.1) is 0 Å². The number of aryl methyl sites for hydroxylation is 2. The number of allylic oxidation sites excluding steroid dienone is 4. The molecule has 5 rings (SSSR count). The molecule has 0 atom stereocenters. The van der Waals surface area contributed by atoms with Crippen molar-refractivity contribution in [1.82, 2.24) is 0 Å².